The van der Waals surface area contributed by atoms with Gasteiger partial charge in [-0.2, -0.15) is 0 Å². The van der Waals surface area contributed by atoms with E-state index in [9.17, 15) is 0 Å². The molecule has 1 heterocycles. The van der Waals surface area contributed by atoms with Crippen molar-refractivity contribution in [1.82, 2.24) is 0 Å². The van der Waals surface area contributed by atoms with Crippen LogP contribution in [0.25, 0.3) is 0 Å². The highest BCUT2D eigenvalue weighted by Gasteiger charge is 2.31. The van der Waals surface area contributed by atoms with Gasteiger partial charge in [-0.1, -0.05) is 40.2 Å². The minimum Gasteiger partial charge on any atom is -0.364 e. The molecular weight excluding hydrogens is 334 g/mol. The van der Waals surface area contributed by atoms with Gasteiger partial charge in [0.25, 0.3) is 0 Å². The van der Waals surface area contributed by atoms with Crippen molar-refractivity contribution in [3.8, 4) is 0 Å². The highest BCUT2D eigenvalue weighted by atomic mass is 79.9. The van der Waals surface area contributed by atoms with Gasteiger partial charge in [0.2, 0.25) is 0 Å². The molecule has 0 amide bonds. The summed E-state index contributed by atoms with van der Waals surface area (Å²) in [5, 5.41) is 0. The molecule has 22 heavy (non-hydrogen) atoms. The third-order valence-electron chi connectivity index (χ3n) is 5.03. The normalized spacial score (nSPS) is 21.9. The maximum atomic E-state index is 3.55. The third kappa shape index (κ3) is 2.81. The van der Waals surface area contributed by atoms with Crippen LogP contribution in [-0.2, 0) is 0 Å². The van der Waals surface area contributed by atoms with Gasteiger partial charge in [-0.05, 0) is 73.4 Å². The first-order chi connectivity index (χ1) is 10.8. The summed E-state index contributed by atoms with van der Waals surface area (Å²) in [5.41, 5.74) is 4.54. The second-order valence-electron chi connectivity index (χ2n) is 6.58. The second kappa shape index (κ2) is 6.08. The summed E-state index contributed by atoms with van der Waals surface area (Å²) in [6, 6.07) is 18.5. The van der Waals surface area contributed by atoms with E-state index in [1.165, 1.54) is 44.3 Å². The maximum absolute atomic E-state index is 3.55. The predicted molar refractivity (Wildman–Crippen MR) is 96.5 cm³/mol. The van der Waals surface area contributed by atoms with Gasteiger partial charge < -0.3 is 4.90 Å². The van der Waals surface area contributed by atoms with Gasteiger partial charge in [0.15, 0.2) is 0 Å². The molecule has 2 aromatic rings. The number of rotatable bonds is 3. The van der Waals surface area contributed by atoms with E-state index in [0.29, 0.717) is 6.04 Å². The van der Waals surface area contributed by atoms with E-state index in [1.54, 1.807) is 11.1 Å². The van der Waals surface area contributed by atoms with Crippen molar-refractivity contribution in [3.63, 3.8) is 0 Å². The van der Waals surface area contributed by atoms with Crippen molar-refractivity contribution in [1.29, 1.82) is 0 Å². The van der Waals surface area contributed by atoms with Gasteiger partial charge in [0.05, 0.1) is 6.04 Å². The van der Waals surface area contributed by atoms with Crippen molar-refractivity contribution in [2.45, 2.75) is 44.1 Å². The lowest BCUT2D eigenvalue weighted by Gasteiger charge is -2.39. The van der Waals surface area contributed by atoms with Gasteiger partial charge in [-0.15, -0.1) is 0 Å². The fourth-order valence-corrected chi connectivity index (χ4v) is 4.04. The van der Waals surface area contributed by atoms with Gasteiger partial charge in [0, 0.05) is 16.7 Å². The predicted octanol–water partition coefficient (Wildman–Crippen LogP) is 6.06. The SMILES string of the molecule is Brc1ccc(N2CCCCC2c2ccccc2C2CC2)cc1. The average molecular weight is 356 g/mol. The molecule has 1 saturated heterocycles. The van der Waals surface area contributed by atoms with Crippen LogP contribution in [0.4, 0.5) is 5.69 Å². The Bertz CT molecular complexity index is 645. The number of piperidine rings is 1. The smallest absolute Gasteiger partial charge is 0.0545 e. The van der Waals surface area contributed by atoms with Crippen molar-refractivity contribution < 1.29 is 0 Å². The van der Waals surface area contributed by atoms with E-state index in [1.807, 2.05) is 0 Å². The van der Waals surface area contributed by atoms with Crippen molar-refractivity contribution >= 4 is 21.6 Å². The Labute approximate surface area is 141 Å². The first-order valence-electron chi connectivity index (χ1n) is 8.44. The minimum atomic E-state index is 0.548. The zero-order valence-electron chi connectivity index (χ0n) is 12.8. The molecule has 2 aliphatic rings. The molecule has 0 aromatic heterocycles. The highest BCUT2D eigenvalue weighted by molar-refractivity contribution is 9.10. The van der Waals surface area contributed by atoms with E-state index >= 15 is 0 Å². The summed E-state index contributed by atoms with van der Waals surface area (Å²) in [6.45, 7) is 1.17. The Hall–Kier alpha value is -1.28. The first-order valence-corrected chi connectivity index (χ1v) is 9.23. The van der Waals surface area contributed by atoms with Gasteiger partial charge in [-0.25, -0.2) is 0 Å². The summed E-state index contributed by atoms with van der Waals surface area (Å²) in [4.78, 5) is 2.62. The van der Waals surface area contributed by atoms with Crippen LogP contribution >= 0.6 is 15.9 Å². The van der Waals surface area contributed by atoms with Crippen molar-refractivity contribution in [2.24, 2.45) is 0 Å². The molecule has 0 bridgehead atoms. The Morgan fingerprint density at radius 2 is 1.55 bits per heavy atom. The summed E-state index contributed by atoms with van der Waals surface area (Å²) in [6.07, 6.45) is 6.68. The maximum Gasteiger partial charge on any atom is 0.0545 e. The topological polar surface area (TPSA) is 3.24 Å². The average Bonchev–Trinajstić information content (AvgIpc) is 3.41. The molecule has 1 aliphatic heterocycles. The Kier molecular flexibility index (Phi) is 3.96. The molecule has 0 radical (unpaired) electrons. The first kappa shape index (κ1) is 14.3. The van der Waals surface area contributed by atoms with Crippen LogP contribution in [0, 0.1) is 0 Å². The summed E-state index contributed by atoms with van der Waals surface area (Å²) in [5.74, 6) is 0.824. The molecular formula is C20H22BrN. The molecule has 2 heteroatoms. The fraction of sp³-hybridized carbons (Fsp3) is 0.400. The van der Waals surface area contributed by atoms with E-state index < -0.39 is 0 Å². The molecule has 1 saturated carbocycles. The number of nitrogens with zero attached hydrogens (tertiary/aromatic N) is 1. The summed E-state index contributed by atoms with van der Waals surface area (Å²) < 4.78 is 1.16. The number of hydrogen-bond acceptors (Lipinski definition) is 1. The second-order valence-corrected chi connectivity index (χ2v) is 7.50. The molecule has 0 N–H and O–H groups in total. The Morgan fingerprint density at radius 1 is 0.818 bits per heavy atom. The lowest BCUT2D eigenvalue weighted by molar-refractivity contribution is 0.471. The van der Waals surface area contributed by atoms with Crippen molar-refractivity contribution in [3.05, 3.63) is 64.1 Å². The molecule has 0 spiro atoms. The van der Waals surface area contributed by atoms with Crippen molar-refractivity contribution in [2.75, 3.05) is 11.4 Å². The van der Waals surface area contributed by atoms with E-state index in [-0.39, 0.29) is 0 Å². The fourth-order valence-electron chi connectivity index (χ4n) is 3.78. The molecule has 2 aromatic carbocycles. The van der Waals surface area contributed by atoms with Crippen LogP contribution in [0.3, 0.4) is 0 Å². The minimum absolute atomic E-state index is 0.548. The molecule has 1 aliphatic carbocycles. The summed E-state index contributed by atoms with van der Waals surface area (Å²) in [7, 11) is 0. The molecule has 1 unspecified atom stereocenters. The molecule has 4 rings (SSSR count). The molecule has 114 valence electrons. The van der Waals surface area contributed by atoms with E-state index in [4.69, 9.17) is 0 Å². The van der Waals surface area contributed by atoms with Crippen LogP contribution in [-0.4, -0.2) is 6.54 Å². The Morgan fingerprint density at radius 3 is 2.27 bits per heavy atom. The van der Waals surface area contributed by atoms with Crippen LogP contribution in [0.5, 0.6) is 0 Å². The lowest BCUT2D eigenvalue weighted by Crippen LogP contribution is -2.33. The van der Waals surface area contributed by atoms with E-state index in [0.717, 1.165) is 10.4 Å². The van der Waals surface area contributed by atoms with Crippen LogP contribution in [0.1, 0.15) is 55.2 Å². The summed E-state index contributed by atoms with van der Waals surface area (Å²) >= 11 is 3.55. The number of hydrogen-bond donors (Lipinski definition) is 0. The van der Waals surface area contributed by atoms with Gasteiger partial charge >= 0.3 is 0 Å². The Balaban J connectivity index is 1.70. The quantitative estimate of drug-likeness (QED) is 0.646. The zero-order chi connectivity index (χ0) is 14.9. The standard InChI is InChI=1S/C20H22BrN/c21-16-10-12-17(13-11-16)22-14-4-3-7-20(22)19-6-2-1-5-18(19)15-8-9-15/h1-2,5-6,10-13,15,20H,3-4,7-9,14H2. The largest absolute Gasteiger partial charge is 0.364 e. The molecule has 1 atom stereocenters. The lowest BCUT2D eigenvalue weighted by atomic mass is 9.90. The monoisotopic (exact) mass is 355 g/mol. The number of benzene rings is 2. The van der Waals surface area contributed by atoms with Gasteiger partial charge in [0.1, 0.15) is 0 Å². The number of halogens is 1. The molecule has 2 fully saturated rings. The van der Waals surface area contributed by atoms with Gasteiger partial charge in [-0.3, -0.25) is 0 Å². The number of anilines is 1. The molecule has 1 nitrogen and oxygen atoms in total. The van der Waals surface area contributed by atoms with Crippen LogP contribution in [0.2, 0.25) is 0 Å². The zero-order valence-corrected chi connectivity index (χ0v) is 14.4. The highest BCUT2D eigenvalue weighted by Crippen LogP contribution is 2.46. The van der Waals surface area contributed by atoms with Crippen LogP contribution in [0.15, 0.2) is 53.0 Å². The third-order valence-corrected chi connectivity index (χ3v) is 5.56. The van der Waals surface area contributed by atoms with Crippen LogP contribution < -0.4 is 4.90 Å². The van der Waals surface area contributed by atoms with E-state index in [2.05, 4.69) is 69.4 Å².